The normalized spacial score (nSPS) is 10.2. The van der Waals surface area contributed by atoms with Crippen molar-refractivity contribution in [2.75, 3.05) is 17.2 Å². The summed E-state index contributed by atoms with van der Waals surface area (Å²) in [5.74, 6) is -0.144. The van der Waals surface area contributed by atoms with Gasteiger partial charge in [0.2, 0.25) is 5.91 Å². The standard InChI is InChI=1S/C16H21N5O2/c1-12-4-5-14(10-15(12)19-13(2)22)20-16(23)18-6-3-8-21-9-7-17-11-21/h4-5,7,9-11H,3,6,8H2,1-2H3,(H,19,22)(H2,18,20,23). The van der Waals surface area contributed by atoms with Crippen molar-refractivity contribution < 1.29 is 9.59 Å². The number of rotatable bonds is 6. The van der Waals surface area contributed by atoms with Crippen molar-refractivity contribution in [1.82, 2.24) is 14.9 Å². The minimum Gasteiger partial charge on any atom is -0.338 e. The van der Waals surface area contributed by atoms with Gasteiger partial charge in [0, 0.05) is 43.8 Å². The van der Waals surface area contributed by atoms with E-state index in [1.165, 1.54) is 6.92 Å². The number of amides is 3. The molecule has 3 N–H and O–H groups in total. The second-order valence-electron chi connectivity index (χ2n) is 5.25. The van der Waals surface area contributed by atoms with Crippen LogP contribution in [0.4, 0.5) is 16.2 Å². The first-order valence-corrected chi connectivity index (χ1v) is 7.43. The van der Waals surface area contributed by atoms with Crippen molar-refractivity contribution in [3.63, 3.8) is 0 Å². The minimum atomic E-state index is -0.270. The van der Waals surface area contributed by atoms with Crippen molar-refractivity contribution in [2.45, 2.75) is 26.8 Å². The first kappa shape index (κ1) is 16.5. The Morgan fingerprint density at radius 1 is 1.26 bits per heavy atom. The lowest BCUT2D eigenvalue weighted by molar-refractivity contribution is -0.114. The molecule has 1 aromatic heterocycles. The van der Waals surface area contributed by atoms with E-state index in [0.717, 1.165) is 18.5 Å². The first-order chi connectivity index (χ1) is 11.0. The molecular weight excluding hydrogens is 294 g/mol. The molecule has 2 rings (SSSR count). The van der Waals surface area contributed by atoms with Crippen molar-refractivity contribution in [3.8, 4) is 0 Å². The van der Waals surface area contributed by atoms with Crippen LogP contribution >= 0.6 is 0 Å². The van der Waals surface area contributed by atoms with Crippen LogP contribution < -0.4 is 16.0 Å². The van der Waals surface area contributed by atoms with E-state index in [1.54, 1.807) is 24.7 Å². The van der Waals surface area contributed by atoms with E-state index in [4.69, 9.17) is 0 Å². The Labute approximate surface area is 135 Å². The maximum atomic E-state index is 11.9. The number of aromatic nitrogens is 2. The Morgan fingerprint density at radius 3 is 2.78 bits per heavy atom. The fourth-order valence-corrected chi connectivity index (χ4v) is 2.08. The highest BCUT2D eigenvalue weighted by Gasteiger charge is 2.05. The molecule has 0 aliphatic carbocycles. The van der Waals surface area contributed by atoms with Gasteiger partial charge in [-0.3, -0.25) is 4.79 Å². The molecule has 1 heterocycles. The number of aryl methyl sites for hydroxylation is 2. The second-order valence-corrected chi connectivity index (χ2v) is 5.25. The summed E-state index contributed by atoms with van der Waals surface area (Å²) in [7, 11) is 0. The van der Waals surface area contributed by atoms with Gasteiger partial charge in [-0.05, 0) is 31.0 Å². The number of nitrogens with zero attached hydrogens (tertiary/aromatic N) is 2. The van der Waals surface area contributed by atoms with Gasteiger partial charge in [0.15, 0.2) is 0 Å². The zero-order chi connectivity index (χ0) is 16.7. The molecule has 2 aromatic rings. The van der Waals surface area contributed by atoms with Gasteiger partial charge in [0.25, 0.3) is 0 Å². The molecule has 7 nitrogen and oxygen atoms in total. The van der Waals surface area contributed by atoms with Crippen LogP contribution in [0, 0.1) is 6.92 Å². The summed E-state index contributed by atoms with van der Waals surface area (Å²) in [4.78, 5) is 27.0. The van der Waals surface area contributed by atoms with E-state index in [0.29, 0.717) is 17.9 Å². The van der Waals surface area contributed by atoms with Gasteiger partial charge in [-0.15, -0.1) is 0 Å². The summed E-state index contributed by atoms with van der Waals surface area (Å²) in [5.41, 5.74) is 2.26. The summed E-state index contributed by atoms with van der Waals surface area (Å²) in [6.45, 7) is 4.71. The average Bonchev–Trinajstić information content (AvgIpc) is 3.00. The van der Waals surface area contributed by atoms with Crippen LogP contribution in [0.1, 0.15) is 18.9 Å². The number of carbonyl (C=O) groups is 2. The van der Waals surface area contributed by atoms with Crippen molar-refractivity contribution in [2.24, 2.45) is 0 Å². The van der Waals surface area contributed by atoms with Crippen LogP contribution in [0.3, 0.4) is 0 Å². The van der Waals surface area contributed by atoms with Gasteiger partial charge >= 0.3 is 6.03 Å². The van der Waals surface area contributed by atoms with E-state index < -0.39 is 0 Å². The quantitative estimate of drug-likeness (QED) is 0.715. The molecule has 23 heavy (non-hydrogen) atoms. The van der Waals surface area contributed by atoms with E-state index in [-0.39, 0.29) is 11.9 Å². The number of nitrogens with one attached hydrogen (secondary N) is 3. The third-order valence-electron chi connectivity index (χ3n) is 3.24. The smallest absolute Gasteiger partial charge is 0.319 e. The Kier molecular flexibility index (Phi) is 5.74. The van der Waals surface area contributed by atoms with E-state index in [9.17, 15) is 9.59 Å². The third-order valence-corrected chi connectivity index (χ3v) is 3.24. The lowest BCUT2D eigenvalue weighted by Gasteiger charge is -2.11. The molecule has 0 spiro atoms. The van der Waals surface area contributed by atoms with E-state index >= 15 is 0 Å². The molecule has 0 radical (unpaired) electrons. The Hall–Kier alpha value is -2.83. The van der Waals surface area contributed by atoms with Gasteiger partial charge in [-0.1, -0.05) is 6.07 Å². The summed E-state index contributed by atoms with van der Waals surface area (Å²) in [5, 5.41) is 8.29. The molecule has 0 aliphatic rings. The molecular formula is C16H21N5O2. The lowest BCUT2D eigenvalue weighted by atomic mass is 10.2. The molecule has 0 fully saturated rings. The fourth-order valence-electron chi connectivity index (χ4n) is 2.08. The average molecular weight is 315 g/mol. The number of benzene rings is 1. The number of anilines is 2. The lowest BCUT2D eigenvalue weighted by Crippen LogP contribution is -2.30. The minimum absolute atomic E-state index is 0.144. The van der Waals surface area contributed by atoms with E-state index in [2.05, 4.69) is 20.9 Å². The number of imidazole rings is 1. The number of hydrogen-bond acceptors (Lipinski definition) is 3. The zero-order valence-corrected chi connectivity index (χ0v) is 13.3. The monoisotopic (exact) mass is 315 g/mol. The Balaban J connectivity index is 1.79. The van der Waals surface area contributed by atoms with Crippen LogP contribution in [0.5, 0.6) is 0 Å². The highest BCUT2D eigenvalue weighted by molar-refractivity contribution is 5.93. The number of hydrogen-bond donors (Lipinski definition) is 3. The fraction of sp³-hybridized carbons (Fsp3) is 0.312. The van der Waals surface area contributed by atoms with Gasteiger partial charge in [0.1, 0.15) is 0 Å². The predicted octanol–water partition coefficient (Wildman–Crippen LogP) is 2.36. The maximum absolute atomic E-state index is 11.9. The first-order valence-electron chi connectivity index (χ1n) is 7.43. The van der Waals surface area contributed by atoms with Crippen LogP contribution in [0.25, 0.3) is 0 Å². The number of urea groups is 1. The largest absolute Gasteiger partial charge is 0.338 e. The van der Waals surface area contributed by atoms with Gasteiger partial charge in [-0.2, -0.15) is 0 Å². The van der Waals surface area contributed by atoms with Crippen molar-refractivity contribution in [1.29, 1.82) is 0 Å². The van der Waals surface area contributed by atoms with Crippen LogP contribution in [0.15, 0.2) is 36.9 Å². The SMILES string of the molecule is CC(=O)Nc1cc(NC(=O)NCCCn2ccnc2)ccc1C. The highest BCUT2D eigenvalue weighted by atomic mass is 16.2. The molecule has 0 atom stereocenters. The predicted molar refractivity (Wildman–Crippen MR) is 89.3 cm³/mol. The third kappa shape index (κ3) is 5.46. The number of carbonyl (C=O) groups excluding carboxylic acids is 2. The summed E-state index contributed by atoms with van der Waals surface area (Å²) >= 11 is 0. The van der Waals surface area contributed by atoms with Gasteiger partial charge in [0.05, 0.1) is 6.33 Å². The van der Waals surface area contributed by atoms with Gasteiger partial charge in [-0.25, -0.2) is 9.78 Å². The van der Waals surface area contributed by atoms with Gasteiger partial charge < -0.3 is 20.5 Å². The molecule has 7 heteroatoms. The van der Waals surface area contributed by atoms with E-state index in [1.807, 2.05) is 23.8 Å². The van der Waals surface area contributed by atoms with Crippen LogP contribution in [0.2, 0.25) is 0 Å². The molecule has 3 amide bonds. The molecule has 0 bridgehead atoms. The Bertz CT molecular complexity index is 667. The summed E-state index contributed by atoms with van der Waals surface area (Å²) < 4.78 is 1.96. The summed E-state index contributed by atoms with van der Waals surface area (Å²) in [6.07, 6.45) is 6.17. The molecule has 1 aromatic carbocycles. The molecule has 0 saturated carbocycles. The molecule has 122 valence electrons. The molecule has 0 aliphatic heterocycles. The van der Waals surface area contributed by atoms with Crippen LogP contribution in [-0.4, -0.2) is 28.0 Å². The topological polar surface area (TPSA) is 88.0 Å². The molecule has 0 unspecified atom stereocenters. The van der Waals surface area contributed by atoms with Crippen molar-refractivity contribution >= 4 is 23.3 Å². The summed E-state index contributed by atoms with van der Waals surface area (Å²) in [6, 6.07) is 5.11. The zero-order valence-electron chi connectivity index (χ0n) is 13.3. The maximum Gasteiger partial charge on any atom is 0.319 e. The Morgan fingerprint density at radius 2 is 2.09 bits per heavy atom. The van der Waals surface area contributed by atoms with Crippen molar-refractivity contribution in [3.05, 3.63) is 42.5 Å². The highest BCUT2D eigenvalue weighted by Crippen LogP contribution is 2.20. The molecule has 0 saturated heterocycles. The second kappa shape index (κ2) is 7.98. The van der Waals surface area contributed by atoms with Crippen LogP contribution in [-0.2, 0) is 11.3 Å².